The van der Waals surface area contributed by atoms with E-state index in [1.54, 1.807) is 11.3 Å². The molecular weight excluding hydrogens is 218 g/mol. The standard InChI is InChI=1S/C9H9NO2S2/c11-7-4-3-6(9(12)10-7)14-8-2-1-5-13-8/h1-2,5-6H,3-4H2,(H,10,11,12). The molecule has 2 amide bonds. The summed E-state index contributed by atoms with van der Waals surface area (Å²) in [7, 11) is 0. The van der Waals surface area contributed by atoms with Crippen molar-refractivity contribution in [2.45, 2.75) is 22.3 Å². The van der Waals surface area contributed by atoms with Gasteiger partial charge in [0.15, 0.2) is 0 Å². The van der Waals surface area contributed by atoms with Crippen LogP contribution in [0.4, 0.5) is 0 Å². The predicted molar refractivity (Wildman–Crippen MR) is 56.3 cm³/mol. The molecule has 1 aliphatic rings. The number of carbonyl (C=O) groups excluding carboxylic acids is 2. The third-order valence-corrected chi connectivity index (χ3v) is 4.28. The smallest absolute Gasteiger partial charge is 0.240 e. The first kappa shape index (κ1) is 9.73. The third kappa shape index (κ3) is 2.16. The Balaban J connectivity index is 1.99. The van der Waals surface area contributed by atoms with Crippen molar-refractivity contribution in [2.75, 3.05) is 0 Å². The summed E-state index contributed by atoms with van der Waals surface area (Å²) in [5.41, 5.74) is 0. The number of carbonyl (C=O) groups is 2. The molecule has 1 fully saturated rings. The highest BCUT2D eigenvalue weighted by molar-refractivity contribution is 8.02. The zero-order valence-electron chi connectivity index (χ0n) is 7.36. The fraction of sp³-hybridized carbons (Fsp3) is 0.333. The van der Waals surface area contributed by atoms with Crippen LogP contribution < -0.4 is 5.32 Å². The van der Waals surface area contributed by atoms with Crippen molar-refractivity contribution < 1.29 is 9.59 Å². The molecule has 0 aromatic carbocycles. The van der Waals surface area contributed by atoms with Crippen LogP contribution in [-0.2, 0) is 9.59 Å². The highest BCUT2D eigenvalue weighted by Crippen LogP contribution is 2.31. The fourth-order valence-corrected chi connectivity index (χ4v) is 3.28. The van der Waals surface area contributed by atoms with Crippen molar-refractivity contribution in [2.24, 2.45) is 0 Å². The van der Waals surface area contributed by atoms with E-state index in [2.05, 4.69) is 5.32 Å². The fourth-order valence-electron chi connectivity index (χ4n) is 1.26. The summed E-state index contributed by atoms with van der Waals surface area (Å²) in [4.78, 5) is 22.3. The van der Waals surface area contributed by atoms with Gasteiger partial charge in [0.25, 0.3) is 0 Å². The highest BCUT2D eigenvalue weighted by Gasteiger charge is 2.27. The van der Waals surface area contributed by atoms with Crippen LogP contribution in [0.5, 0.6) is 0 Å². The van der Waals surface area contributed by atoms with E-state index in [1.165, 1.54) is 11.8 Å². The molecule has 1 atom stereocenters. The number of hydrogen-bond donors (Lipinski definition) is 1. The third-order valence-electron chi connectivity index (χ3n) is 1.94. The first-order valence-corrected chi connectivity index (χ1v) is 6.05. The van der Waals surface area contributed by atoms with Gasteiger partial charge in [0, 0.05) is 6.42 Å². The van der Waals surface area contributed by atoms with Gasteiger partial charge in [-0.3, -0.25) is 14.9 Å². The van der Waals surface area contributed by atoms with E-state index >= 15 is 0 Å². The quantitative estimate of drug-likeness (QED) is 0.781. The number of imide groups is 1. The first-order chi connectivity index (χ1) is 6.75. The normalized spacial score (nSPS) is 22.1. The van der Waals surface area contributed by atoms with E-state index in [4.69, 9.17) is 0 Å². The number of thiophene rings is 1. The maximum atomic E-state index is 11.4. The van der Waals surface area contributed by atoms with Crippen LogP contribution in [0.25, 0.3) is 0 Å². The maximum Gasteiger partial charge on any atom is 0.240 e. The topological polar surface area (TPSA) is 46.2 Å². The molecule has 0 radical (unpaired) electrons. The van der Waals surface area contributed by atoms with Gasteiger partial charge in [-0.15, -0.1) is 23.1 Å². The minimum Gasteiger partial charge on any atom is -0.295 e. The molecule has 2 rings (SSSR count). The van der Waals surface area contributed by atoms with Gasteiger partial charge < -0.3 is 0 Å². The van der Waals surface area contributed by atoms with Gasteiger partial charge in [-0.1, -0.05) is 6.07 Å². The predicted octanol–water partition coefficient (Wildman–Crippen LogP) is 1.65. The van der Waals surface area contributed by atoms with Gasteiger partial charge in [-0.25, -0.2) is 0 Å². The lowest BCUT2D eigenvalue weighted by molar-refractivity contribution is -0.132. The van der Waals surface area contributed by atoms with Crippen LogP contribution in [0.2, 0.25) is 0 Å². The van der Waals surface area contributed by atoms with Crippen LogP contribution in [-0.4, -0.2) is 17.1 Å². The molecule has 0 bridgehead atoms. The zero-order valence-corrected chi connectivity index (χ0v) is 8.99. The van der Waals surface area contributed by atoms with E-state index < -0.39 is 0 Å². The van der Waals surface area contributed by atoms with Gasteiger partial charge >= 0.3 is 0 Å². The Morgan fingerprint density at radius 2 is 2.36 bits per heavy atom. The Labute approximate surface area is 89.9 Å². The van der Waals surface area contributed by atoms with E-state index in [1.807, 2.05) is 17.5 Å². The molecule has 74 valence electrons. The van der Waals surface area contributed by atoms with E-state index in [-0.39, 0.29) is 17.1 Å². The van der Waals surface area contributed by atoms with Crippen molar-refractivity contribution in [1.29, 1.82) is 0 Å². The summed E-state index contributed by atoms with van der Waals surface area (Å²) in [5, 5.41) is 4.22. The molecule has 0 spiro atoms. The molecule has 0 aliphatic carbocycles. The Kier molecular flexibility index (Phi) is 2.88. The molecule has 1 aromatic rings. The summed E-state index contributed by atoms with van der Waals surface area (Å²) in [6.45, 7) is 0. The SMILES string of the molecule is O=C1CCC(Sc2cccs2)C(=O)N1. The molecule has 1 N–H and O–H groups in total. The summed E-state index contributed by atoms with van der Waals surface area (Å²) >= 11 is 3.15. The number of amides is 2. The Morgan fingerprint density at radius 3 is 3.00 bits per heavy atom. The van der Waals surface area contributed by atoms with Crippen molar-refractivity contribution in [1.82, 2.24) is 5.32 Å². The molecule has 1 unspecified atom stereocenters. The molecule has 2 heterocycles. The van der Waals surface area contributed by atoms with Gasteiger partial charge in [0.2, 0.25) is 11.8 Å². The maximum absolute atomic E-state index is 11.4. The lowest BCUT2D eigenvalue weighted by Crippen LogP contribution is -2.42. The molecular formula is C9H9NO2S2. The second-order valence-electron chi connectivity index (χ2n) is 2.99. The molecule has 1 aliphatic heterocycles. The Bertz CT molecular complexity index is 348. The van der Waals surface area contributed by atoms with Crippen LogP contribution in [0, 0.1) is 0 Å². The molecule has 5 heteroatoms. The van der Waals surface area contributed by atoms with E-state index in [0.29, 0.717) is 12.8 Å². The average molecular weight is 227 g/mol. The lowest BCUT2D eigenvalue weighted by atomic mass is 10.1. The first-order valence-electron chi connectivity index (χ1n) is 4.29. The zero-order chi connectivity index (χ0) is 9.97. The van der Waals surface area contributed by atoms with Crippen LogP contribution in [0.3, 0.4) is 0 Å². The average Bonchev–Trinajstić information content (AvgIpc) is 2.62. The van der Waals surface area contributed by atoms with Gasteiger partial charge in [0.1, 0.15) is 0 Å². The minimum atomic E-state index is -0.155. The molecule has 1 saturated heterocycles. The van der Waals surface area contributed by atoms with Gasteiger partial charge in [-0.2, -0.15) is 0 Å². The number of nitrogens with one attached hydrogen (secondary N) is 1. The molecule has 3 nitrogen and oxygen atoms in total. The molecule has 0 saturated carbocycles. The van der Waals surface area contributed by atoms with Crippen molar-refractivity contribution in [3.8, 4) is 0 Å². The monoisotopic (exact) mass is 227 g/mol. The van der Waals surface area contributed by atoms with Crippen molar-refractivity contribution in [3.63, 3.8) is 0 Å². The molecule has 14 heavy (non-hydrogen) atoms. The van der Waals surface area contributed by atoms with Crippen LogP contribution in [0.1, 0.15) is 12.8 Å². The lowest BCUT2D eigenvalue weighted by Gasteiger charge is -2.19. The van der Waals surface area contributed by atoms with Gasteiger partial charge in [-0.05, 0) is 17.9 Å². The van der Waals surface area contributed by atoms with Crippen molar-refractivity contribution in [3.05, 3.63) is 17.5 Å². The summed E-state index contributed by atoms with van der Waals surface area (Å²) in [6, 6.07) is 3.94. The summed E-state index contributed by atoms with van der Waals surface area (Å²) in [6.07, 6.45) is 1.10. The number of thioether (sulfide) groups is 1. The van der Waals surface area contributed by atoms with Crippen molar-refractivity contribution >= 4 is 34.9 Å². The van der Waals surface area contributed by atoms with Crippen LogP contribution in [0.15, 0.2) is 21.7 Å². The largest absolute Gasteiger partial charge is 0.295 e. The highest BCUT2D eigenvalue weighted by atomic mass is 32.2. The summed E-state index contributed by atoms with van der Waals surface area (Å²) in [5.74, 6) is -0.308. The number of hydrogen-bond acceptors (Lipinski definition) is 4. The second kappa shape index (κ2) is 4.14. The Morgan fingerprint density at radius 1 is 1.50 bits per heavy atom. The van der Waals surface area contributed by atoms with Crippen LogP contribution >= 0.6 is 23.1 Å². The van der Waals surface area contributed by atoms with Gasteiger partial charge in [0.05, 0.1) is 9.46 Å². The Hall–Kier alpha value is -0.810. The van der Waals surface area contributed by atoms with E-state index in [9.17, 15) is 9.59 Å². The van der Waals surface area contributed by atoms with E-state index in [0.717, 1.165) is 4.21 Å². The number of piperidine rings is 1. The number of rotatable bonds is 2. The summed E-state index contributed by atoms with van der Waals surface area (Å²) < 4.78 is 1.12. The second-order valence-corrected chi connectivity index (χ2v) is 5.44. The minimum absolute atomic E-state index is 0.105. The molecule has 1 aromatic heterocycles.